The average molecular weight is 461 g/mol. The number of fused-ring (bicyclic) bond motifs is 2. The molecule has 0 atom stereocenters. The molecule has 0 bridgehead atoms. The number of nitrogens with zero attached hydrogens (tertiary/aromatic N) is 3. The summed E-state index contributed by atoms with van der Waals surface area (Å²) in [6.07, 6.45) is 1.17. The lowest BCUT2D eigenvalue weighted by Gasteiger charge is -2.30. The predicted molar refractivity (Wildman–Crippen MR) is 120 cm³/mol. The molecule has 0 amide bonds. The van der Waals surface area contributed by atoms with Crippen LogP contribution in [0.4, 0.5) is 11.8 Å². The van der Waals surface area contributed by atoms with E-state index in [0.29, 0.717) is 49.3 Å². The van der Waals surface area contributed by atoms with Gasteiger partial charge in [0.2, 0.25) is 12.7 Å². The number of aromatic nitrogens is 2. The van der Waals surface area contributed by atoms with E-state index in [4.69, 9.17) is 31.0 Å². The average Bonchev–Trinajstić information content (AvgIpc) is 3.35. The zero-order chi connectivity index (χ0) is 21.5. The summed E-state index contributed by atoms with van der Waals surface area (Å²) in [5, 5.41) is 14.1. The van der Waals surface area contributed by atoms with Gasteiger partial charge in [-0.15, -0.1) is 11.3 Å². The van der Waals surface area contributed by atoms with Crippen LogP contribution in [0.1, 0.15) is 23.3 Å². The zero-order valence-electron chi connectivity index (χ0n) is 16.9. The minimum atomic E-state index is -0.734. The molecule has 31 heavy (non-hydrogen) atoms. The molecule has 0 radical (unpaired) electrons. The number of nitrogens with one attached hydrogen (secondary N) is 1. The molecule has 1 saturated heterocycles. The molecule has 4 heterocycles. The molecule has 3 aromatic rings. The first-order valence-corrected chi connectivity index (χ1v) is 11.3. The fourth-order valence-corrected chi connectivity index (χ4v) is 5.16. The van der Waals surface area contributed by atoms with E-state index >= 15 is 0 Å². The molecule has 0 unspecified atom stereocenters. The van der Waals surface area contributed by atoms with Crippen LogP contribution in [0.25, 0.3) is 10.2 Å². The van der Waals surface area contributed by atoms with Crippen molar-refractivity contribution in [2.45, 2.75) is 26.3 Å². The first kappa shape index (κ1) is 20.1. The van der Waals surface area contributed by atoms with E-state index in [1.807, 2.05) is 30.0 Å². The largest absolute Gasteiger partial charge is 0.481 e. The number of anilines is 2. The molecule has 0 aliphatic carbocycles. The van der Waals surface area contributed by atoms with Crippen LogP contribution in [0.2, 0.25) is 5.02 Å². The van der Waals surface area contributed by atoms with Gasteiger partial charge in [-0.25, -0.2) is 4.98 Å². The predicted octanol–water partition coefficient (Wildman–Crippen LogP) is 4.29. The highest BCUT2D eigenvalue weighted by Gasteiger charge is 2.27. The monoisotopic (exact) mass is 460 g/mol. The van der Waals surface area contributed by atoms with Gasteiger partial charge in [0.05, 0.1) is 16.3 Å². The van der Waals surface area contributed by atoms with E-state index in [9.17, 15) is 9.90 Å². The molecule has 1 aromatic carbocycles. The highest BCUT2D eigenvalue weighted by atomic mass is 35.5. The van der Waals surface area contributed by atoms with Gasteiger partial charge in [0.15, 0.2) is 11.5 Å². The molecule has 0 saturated carbocycles. The number of piperidine rings is 1. The van der Waals surface area contributed by atoms with E-state index < -0.39 is 5.97 Å². The third-order valence-corrected chi connectivity index (χ3v) is 7.25. The Morgan fingerprint density at radius 3 is 2.84 bits per heavy atom. The van der Waals surface area contributed by atoms with Gasteiger partial charge in [-0.05, 0) is 37.5 Å². The van der Waals surface area contributed by atoms with Crippen molar-refractivity contribution in [3.8, 4) is 11.5 Å². The van der Waals surface area contributed by atoms with Gasteiger partial charge >= 0.3 is 5.97 Å². The number of carbonyl (C=O) groups is 1. The Balaban J connectivity index is 1.43. The van der Waals surface area contributed by atoms with Gasteiger partial charge in [0, 0.05) is 24.5 Å². The number of rotatable bonds is 5. The normalized spacial score (nSPS) is 16.1. The number of benzene rings is 1. The van der Waals surface area contributed by atoms with E-state index in [2.05, 4.69) is 5.32 Å². The van der Waals surface area contributed by atoms with Gasteiger partial charge in [0.25, 0.3) is 0 Å². The molecular formula is C21H21ClN4O4S. The summed E-state index contributed by atoms with van der Waals surface area (Å²) in [5.41, 5.74) is 1.03. The quantitative estimate of drug-likeness (QED) is 0.581. The Morgan fingerprint density at radius 2 is 2.06 bits per heavy atom. The van der Waals surface area contributed by atoms with Crippen LogP contribution >= 0.6 is 22.9 Å². The van der Waals surface area contributed by atoms with Crippen LogP contribution in [0, 0.1) is 12.8 Å². The van der Waals surface area contributed by atoms with Crippen LogP contribution in [-0.4, -0.2) is 40.9 Å². The number of hydrogen-bond donors (Lipinski definition) is 2. The molecule has 2 N–H and O–H groups in total. The number of aliphatic carboxylic acids is 1. The highest BCUT2D eigenvalue weighted by molar-refractivity contribution is 7.19. The Bertz CT molecular complexity index is 1160. The van der Waals surface area contributed by atoms with Gasteiger partial charge in [-0.2, -0.15) is 4.98 Å². The van der Waals surface area contributed by atoms with Crippen molar-refractivity contribution in [3.05, 3.63) is 33.7 Å². The first-order valence-electron chi connectivity index (χ1n) is 10.1. The molecule has 2 aromatic heterocycles. The number of halogens is 1. The van der Waals surface area contributed by atoms with Crippen LogP contribution in [0.5, 0.6) is 11.5 Å². The number of hydrogen-bond acceptors (Lipinski definition) is 8. The third-order valence-electron chi connectivity index (χ3n) is 5.67. The standard InChI is InChI=1S/C21H21ClN4O4S/c1-11-17(22)16-18(23-9-12-2-3-14-15(8-12)30-10-29-14)24-21(25-19(16)31-11)26-6-4-13(5-7-26)20(27)28/h2-3,8,13H,4-7,9-10H2,1H3,(H,27,28)(H,23,24,25). The smallest absolute Gasteiger partial charge is 0.306 e. The Kier molecular flexibility index (Phi) is 5.23. The molecule has 2 aliphatic rings. The SMILES string of the molecule is Cc1sc2nc(N3CCC(C(=O)O)CC3)nc(NCc3ccc4c(c3)OCO4)c2c1Cl. The van der Waals surface area contributed by atoms with E-state index in [1.165, 1.54) is 11.3 Å². The number of thiophene rings is 1. The third kappa shape index (κ3) is 3.83. The maximum atomic E-state index is 11.3. The summed E-state index contributed by atoms with van der Waals surface area (Å²) in [7, 11) is 0. The maximum absolute atomic E-state index is 11.3. The molecule has 8 nitrogen and oxygen atoms in total. The second-order valence-electron chi connectivity index (χ2n) is 7.67. The molecule has 0 spiro atoms. The molecule has 10 heteroatoms. The minimum absolute atomic E-state index is 0.241. The van der Waals surface area contributed by atoms with Crippen molar-refractivity contribution in [3.63, 3.8) is 0 Å². The number of aryl methyl sites for hydroxylation is 1. The van der Waals surface area contributed by atoms with Gasteiger partial charge in [-0.1, -0.05) is 17.7 Å². The summed E-state index contributed by atoms with van der Waals surface area (Å²) in [6, 6.07) is 5.83. The van der Waals surface area contributed by atoms with Crippen molar-refractivity contribution in [2.24, 2.45) is 5.92 Å². The van der Waals surface area contributed by atoms with E-state index in [1.54, 1.807) is 0 Å². The van der Waals surface area contributed by atoms with Gasteiger partial charge < -0.3 is 24.8 Å². The number of ether oxygens (including phenoxy) is 2. The summed E-state index contributed by atoms with van der Waals surface area (Å²) in [4.78, 5) is 24.6. The number of carboxylic acid groups (broad SMARTS) is 1. The molecule has 2 aliphatic heterocycles. The Hall–Kier alpha value is -2.78. The summed E-state index contributed by atoms with van der Waals surface area (Å²) in [5.74, 6) is 1.72. The summed E-state index contributed by atoms with van der Waals surface area (Å²) >= 11 is 8.11. The van der Waals surface area contributed by atoms with Crippen molar-refractivity contribution >= 4 is 50.9 Å². The molecule has 5 rings (SSSR count). The van der Waals surface area contributed by atoms with Crippen LogP contribution in [0.15, 0.2) is 18.2 Å². The topological polar surface area (TPSA) is 96.8 Å². The van der Waals surface area contributed by atoms with Crippen LogP contribution < -0.4 is 19.7 Å². The van der Waals surface area contributed by atoms with Crippen molar-refractivity contribution in [1.29, 1.82) is 0 Å². The van der Waals surface area contributed by atoms with Crippen LogP contribution in [0.3, 0.4) is 0 Å². The van der Waals surface area contributed by atoms with Gasteiger partial charge in [-0.3, -0.25) is 4.79 Å². The van der Waals surface area contributed by atoms with Crippen molar-refractivity contribution < 1.29 is 19.4 Å². The number of carboxylic acids is 1. The minimum Gasteiger partial charge on any atom is -0.481 e. The second-order valence-corrected chi connectivity index (χ2v) is 9.25. The maximum Gasteiger partial charge on any atom is 0.306 e. The van der Waals surface area contributed by atoms with Gasteiger partial charge in [0.1, 0.15) is 10.6 Å². The lowest BCUT2D eigenvalue weighted by atomic mass is 9.97. The zero-order valence-corrected chi connectivity index (χ0v) is 18.4. The fraction of sp³-hybridized carbons (Fsp3) is 0.381. The Morgan fingerprint density at radius 1 is 1.29 bits per heavy atom. The Labute approximate surface area is 187 Å². The highest BCUT2D eigenvalue weighted by Crippen LogP contribution is 2.39. The fourth-order valence-electron chi connectivity index (χ4n) is 3.90. The van der Waals surface area contributed by atoms with Crippen molar-refractivity contribution in [2.75, 3.05) is 30.1 Å². The lowest BCUT2D eigenvalue weighted by Crippen LogP contribution is -2.37. The first-order chi connectivity index (χ1) is 15.0. The summed E-state index contributed by atoms with van der Waals surface area (Å²) < 4.78 is 10.8. The van der Waals surface area contributed by atoms with Crippen LogP contribution in [-0.2, 0) is 11.3 Å². The van der Waals surface area contributed by atoms with Crippen molar-refractivity contribution in [1.82, 2.24) is 9.97 Å². The second kappa shape index (κ2) is 8.05. The lowest BCUT2D eigenvalue weighted by molar-refractivity contribution is -0.142. The molecule has 162 valence electrons. The summed E-state index contributed by atoms with van der Waals surface area (Å²) in [6.45, 7) is 3.97. The van der Waals surface area contributed by atoms with E-state index in [0.717, 1.165) is 32.2 Å². The molecular weight excluding hydrogens is 440 g/mol. The molecule has 1 fully saturated rings. The van der Waals surface area contributed by atoms with E-state index in [-0.39, 0.29) is 12.7 Å².